The summed E-state index contributed by atoms with van der Waals surface area (Å²) in [5, 5.41) is 1.61. The van der Waals surface area contributed by atoms with Gasteiger partial charge in [-0.2, -0.15) is 0 Å². The van der Waals surface area contributed by atoms with Crippen LogP contribution in [0, 0.1) is 5.92 Å². The third-order valence-corrected chi connectivity index (χ3v) is 7.95. The maximum absolute atomic E-state index is 13.5. The van der Waals surface area contributed by atoms with Crippen LogP contribution in [0.2, 0.25) is 0 Å². The summed E-state index contributed by atoms with van der Waals surface area (Å²) in [5.74, 6) is 2.29. The van der Waals surface area contributed by atoms with Crippen molar-refractivity contribution in [2.24, 2.45) is 5.92 Å². The zero-order valence-electron chi connectivity index (χ0n) is 16.0. The minimum atomic E-state index is 0.0725. The highest BCUT2D eigenvalue weighted by molar-refractivity contribution is 7.99. The number of hydrogen-bond acceptors (Lipinski definition) is 6. The van der Waals surface area contributed by atoms with E-state index in [0.717, 1.165) is 65.6 Å². The zero-order valence-corrected chi connectivity index (χ0v) is 17.6. The van der Waals surface area contributed by atoms with E-state index in [-0.39, 0.29) is 11.7 Å². The molecule has 2 atom stereocenters. The predicted molar refractivity (Wildman–Crippen MR) is 113 cm³/mol. The summed E-state index contributed by atoms with van der Waals surface area (Å²) in [4.78, 5) is 20.7. The van der Waals surface area contributed by atoms with Crippen molar-refractivity contribution in [1.82, 2.24) is 9.55 Å². The molecule has 3 aromatic heterocycles. The quantitative estimate of drug-likeness (QED) is 0.453. The summed E-state index contributed by atoms with van der Waals surface area (Å²) in [6, 6.07) is 3.77. The third kappa shape index (κ3) is 3.44. The van der Waals surface area contributed by atoms with Crippen molar-refractivity contribution in [1.29, 1.82) is 0 Å². The Kier molecular flexibility index (Phi) is 5.07. The summed E-state index contributed by atoms with van der Waals surface area (Å²) in [6.45, 7) is 3.55. The van der Waals surface area contributed by atoms with Crippen molar-refractivity contribution in [2.45, 2.75) is 56.8 Å². The zero-order chi connectivity index (χ0) is 19.1. The summed E-state index contributed by atoms with van der Waals surface area (Å²) < 4.78 is 13.1. The molecule has 0 saturated carbocycles. The topological polar surface area (TPSA) is 57.3 Å². The molecule has 148 valence electrons. The molecule has 28 heavy (non-hydrogen) atoms. The van der Waals surface area contributed by atoms with E-state index in [9.17, 15) is 4.79 Å². The molecule has 4 heterocycles. The molecule has 0 amide bonds. The van der Waals surface area contributed by atoms with Crippen molar-refractivity contribution in [3.8, 4) is 0 Å². The molecule has 1 aliphatic carbocycles. The number of hydrogen-bond donors (Lipinski definition) is 0. The van der Waals surface area contributed by atoms with Gasteiger partial charge in [-0.15, -0.1) is 11.3 Å². The average molecular weight is 417 g/mol. The number of thiophene rings is 1. The van der Waals surface area contributed by atoms with Gasteiger partial charge in [0, 0.05) is 17.2 Å². The van der Waals surface area contributed by atoms with Crippen molar-refractivity contribution in [3.05, 3.63) is 45.0 Å². The third-order valence-electron chi connectivity index (χ3n) is 5.70. The lowest BCUT2D eigenvalue weighted by Gasteiger charge is -2.17. The highest BCUT2D eigenvalue weighted by Crippen LogP contribution is 2.36. The van der Waals surface area contributed by atoms with Gasteiger partial charge >= 0.3 is 0 Å². The molecule has 0 radical (unpaired) electrons. The fraction of sp³-hybridized carbons (Fsp3) is 0.524. The summed E-state index contributed by atoms with van der Waals surface area (Å²) >= 11 is 3.35. The van der Waals surface area contributed by atoms with Gasteiger partial charge in [0.2, 0.25) is 0 Å². The van der Waals surface area contributed by atoms with Crippen LogP contribution < -0.4 is 5.56 Å². The van der Waals surface area contributed by atoms with E-state index in [4.69, 9.17) is 14.1 Å². The number of fused-ring (bicyclic) bond motifs is 3. The molecule has 1 saturated heterocycles. The van der Waals surface area contributed by atoms with Gasteiger partial charge < -0.3 is 9.15 Å². The van der Waals surface area contributed by atoms with E-state index in [1.807, 2.05) is 12.1 Å². The van der Waals surface area contributed by atoms with Crippen LogP contribution in [0.5, 0.6) is 0 Å². The van der Waals surface area contributed by atoms with Gasteiger partial charge in [-0.05, 0) is 55.7 Å². The lowest BCUT2D eigenvalue weighted by atomic mass is 9.89. The van der Waals surface area contributed by atoms with E-state index >= 15 is 0 Å². The first-order valence-corrected chi connectivity index (χ1v) is 11.8. The molecular formula is C21H24N2O3S2. The van der Waals surface area contributed by atoms with Gasteiger partial charge in [-0.3, -0.25) is 9.36 Å². The highest BCUT2D eigenvalue weighted by atomic mass is 32.2. The Morgan fingerprint density at radius 3 is 3.11 bits per heavy atom. The van der Waals surface area contributed by atoms with E-state index in [1.165, 1.54) is 10.4 Å². The Morgan fingerprint density at radius 2 is 2.32 bits per heavy atom. The first kappa shape index (κ1) is 18.5. The summed E-state index contributed by atoms with van der Waals surface area (Å²) in [6.07, 6.45) is 7.30. The first-order valence-electron chi connectivity index (χ1n) is 10.0. The van der Waals surface area contributed by atoms with Crippen molar-refractivity contribution in [3.63, 3.8) is 0 Å². The molecule has 5 rings (SSSR count). The molecule has 7 heteroatoms. The van der Waals surface area contributed by atoms with Crippen LogP contribution in [0.25, 0.3) is 10.2 Å². The van der Waals surface area contributed by atoms with Crippen LogP contribution in [0.4, 0.5) is 0 Å². The van der Waals surface area contributed by atoms with E-state index in [1.54, 1.807) is 33.9 Å². The standard InChI is InChI=1S/C21H24N2O3S2/c1-13-6-7-16-17(10-13)28-19-18(16)20(24)23(11-14-4-2-8-25-14)21(22-19)27-12-15-5-3-9-26-15/h2,4,8,13,15H,3,5-7,9-12H2,1H3/t13-,15-/m0/s1. The number of furan rings is 1. The van der Waals surface area contributed by atoms with Crippen molar-refractivity contribution < 1.29 is 9.15 Å². The van der Waals surface area contributed by atoms with Crippen LogP contribution in [0.1, 0.15) is 42.4 Å². The molecular weight excluding hydrogens is 392 g/mol. The monoisotopic (exact) mass is 416 g/mol. The fourth-order valence-corrected chi connectivity index (χ4v) is 6.64. The fourth-order valence-electron chi connectivity index (χ4n) is 4.16. The second-order valence-corrected chi connectivity index (χ2v) is 9.91. The average Bonchev–Trinajstić information content (AvgIpc) is 3.42. The maximum atomic E-state index is 13.5. The molecule has 0 unspecified atom stereocenters. The molecule has 0 N–H and O–H groups in total. The number of aryl methyl sites for hydroxylation is 1. The van der Waals surface area contributed by atoms with Crippen LogP contribution in [-0.4, -0.2) is 28.0 Å². The molecule has 5 nitrogen and oxygen atoms in total. The molecule has 2 aliphatic rings. The first-order chi connectivity index (χ1) is 13.7. The summed E-state index contributed by atoms with van der Waals surface area (Å²) in [5.41, 5.74) is 1.31. The van der Waals surface area contributed by atoms with Gasteiger partial charge in [0.1, 0.15) is 10.6 Å². The van der Waals surface area contributed by atoms with Crippen LogP contribution in [-0.2, 0) is 24.1 Å². The smallest absolute Gasteiger partial charge is 0.263 e. The van der Waals surface area contributed by atoms with E-state index < -0.39 is 0 Å². The number of rotatable bonds is 5. The lowest BCUT2D eigenvalue weighted by molar-refractivity contribution is 0.129. The second kappa shape index (κ2) is 7.69. The maximum Gasteiger partial charge on any atom is 0.263 e. The Morgan fingerprint density at radius 1 is 1.39 bits per heavy atom. The van der Waals surface area contributed by atoms with Crippen LogP contribution in [0.15, 0.2) is 32.8 Å². The lowest BCUT2D eigenvalue weighted by Crippen LogP contribution is -2.25. The van der Waals surface area contributed by atoms with Gasteiger partial charge in [0.05, 0.1) is 24.3 Å². The second-order valence-electron chi connectivity index (χ2n) is 7.84. The molecule has 0 spiro atoms. The number of aromatic nitrogens is 2. The van der Waals surface area contributed by atoms with E-state index in [0.29, 0.717) is 12.5 Å². The van der Waals surface area contributed by atoms with Crippen molar-refractivity contribution >= 4 is 33.3 Å². The van der Waals surface area contributed by atoms with Gasteiger partial charge in [-0.25, -0.2) is 4.98 Å². The van der Waals surface area contributed by atoms with Gasteiger partial charge in [0.25, 0.3) is 5.56 Å². The molecule has 1 fully saturated rings. The minimum Gasteiger partial charge on any atom is -0.467 e. The van der Waals surface area contributed by atoms with Gasteiger partial charge in [-0.1, -0.05) is 18.7 Å². The van der Waals surface area contributed by atoms with Crippen LogP contribution >= 0.6 is 23.1 Å². The highest BCUT2D eigenvalue weighted by Gasteiger charge is 2.25. The van der Waals surface area contributed by atoms with E-state index in [2.05, 4.69) is 6.92 Å². The van der Waals surface area contributed by atoms with Crippen LogP contribution in [0.3, 0.4) is 0 Å². The Hall–Kier alpha value is -1.57. The van der Waals surface area contributed by atoms with Gasteiger partial charge in [0.15, 0.2) is 5.16 Å². The predicted octanol–water partition coefficient (Wildman–Crippen LogP) is 4.50. The normalized spacial score (nSPS) is 22.0. The Balaban J connectivity index is 1.58. The largest absolute Gasteiger partial charge is 0.467 e. The Labute approximate surface area is 172 Å². The number of ether oxygens (including phenoxy) is 1. The molecule has 1 aliphatic heterocycles. The molecule has 3 aromatic rings. The molecule has 0 bridgehead atoms. The number of nitrogens with zero attached hydrogens (tertiary/aromatic N) is 2. The number of thioether (sulfide) groups is 1. The summed E-state index contributed by atoms with van der Waals surface area (Å²) in [7, 11) is 0. The SMILES string of the molecule is C[C@H]1CCc2c(sc3nc(SC[C@@H]4CCCO4)n(Cc4ccco4)c(=O)c23)C1. The molecule has 0 aromatic carbocycles. The minimum absolute atomic E-state index is 0.0725. The Bertz CT molecular complexity index is 1030. The van der Waals surface area contributed by atoms with Crippen molar-refractivity contribution in [2.75, 3.05) is 12.4 Å².